The number of rotatable bonds is 5. The highest BCUT2D eigenvalue weighted by Crippen LogP contribution is 2.16. The van der Waals surface area contributed by atoms with Gasteiger partial charge in [0, 0.05) is 12.2 Å². The Labute approximate surface area is 121 Å². The van der Waals surface area contributed by atoms with Crippen LogP contribution in [0.25, 0.3) is 0 Å². The molecule has 1 aromatic carbocycles. The van der Waals surface area contributed by atoms with E-state index < -0.39 is 0 Å². The van der Waals surface area contributed by atoms with Gasteiger partial charge in [0.15, 0.2) is 0 Å². The van der Waals surface area contributed by atoms with Crippen LogP contribution < -0.4 is 10.6 Å². The Morgan fingerprint density at radius 2 is 1.85 bits per heavy atom. The average Bonchev–Trinajstić information content (AvgIpc) is 2.41. The molecular weight excluding hydrogens is 276 g/mol. The summed E-state index contributed by atoms with van der Waals surface area (Å²) in [4.78, 5) is 12.2. The third-order valence-electron chi connectivity index (χ3n) is 2.44. The molecule has 2 aromatic rings. The molecule has 0 bridgehead atoms. The molecule has 0 spiro atoms. The highest BCUT2D eigenvalue weighted by Gasteiger charge is 2.04. The first-order valence-corrected chi connectivity index (χ1v) is 6.47. The summed E-state index contributed by atoms with van der Waals surface area (Å²) >= 11 is 5.84. The van der Waals surface area contributed by atoms with Gasteiger partial charge in [0.1, 0.15) is 0 Å². The Hall–Kier alpha value is -2.39. The first-order valence-electron chi connectivity index (χ1n) is 6.09. The van der Waals surface area contributed by atoms with Crippen LogP contribution in [0.15, 0.2) is 24.3 Å². The monoisotopic (exact) mass is 288 g/mol. The van der Waals surface area contributed by atoms with Gasteiger partial charge in [0.2, 0.25) is 17.2 Å². The smallest absolute Gasteiger partial charge is 0.233 e. The van der Waals surface area contributed by atoms with Crippen LogP contribution in [0.1, 0.15) is 12.5 Å². The lowest BCUT2D eigenvalue weighted by molar-refractivity contribution is 1.02. The molecule has 102 valence electrons. The lowest BCUT2D eigenvalue weighted by Gasteiger charge is -2.07. The van der Waals surface area contributed by atoms with E-state index in [4.69, 9.17) is 16.9 Å². The molecule has 0 saturated heterocycles. The van der Waals surface area contributed by atoms with Crippen molar-refractivity contribution in [2.45, 2.75) is 13.3 Å². The molecule has 6 nitrogen and oxygen atoms in total. The van der Waals surface area contributed by atoms with Gasteiger partial charge in [-0.3, -0.25) is 0 Å². The Kier molecular flexibility index (Phi) is 4.69. The summed E-state index contributed by atoms with van der Waals surface area (Å²) in [5, 5.41) is 14.8. The second-order valence-corrected chi connectivity index (χ2v) is 4.28. The molecular formula is C13H13ClN6. The van der Waals surface area contributed by atoms with Crippen LogP contribution >= 0.6 is 11.6 Å². The summed E-state index contributed by atoms with van der Waals surface area (Å²) in [5.74, 6) is 0.796. The number of aromatic nitrogens is 3. The van der Waals surface area contributed by atoms with Crippen molar-refractivity contribution in [1.29, 1.82) is 5.26 Å². The van der Waals surface area contributed by atoms with Gasteiger partial charge in [-0.1, -0.05) is 12.1 Å². The summed E-state index contributed by atoms with van der Waals surface area (Å²) in [7, 11) is 0. The molecule has 0 aliphatic heterocycles. The predicted molar refractivity (Wildman–Crippen MR) is 78.0 cm³/mol. The van der Waals surface area contributed by atoms with Crippen LogP contribution in [0, 0.1) is 11.3 Å². The van der Waals surface area contributed by atoms with Gasteiger partial charge >= 0.3 is 0 Å². The molecule has 2 rings (SSSR count). The van der Waals surface area contributed by atoms with E-state index in [0.29, 0.717) is 24.9 Å². The third kappa shape index (κ3) is 3.80. The van der Waals surface area contributed by atoms with Gasteiger partial charge in [0.05, 0.1) is 12.5 Å². The molecule has 1 heterocycles. The highest BCUT2D eigenvalue weighted by atomic mass is 35.5. The first-order chi connectivity index (χ1) is 9.71. The maximum absolute atomic E-state index is 8.62. The fraction of sp³-hybridized carbons (Fsp3) is 0.231. The number of halogens is 1. The zero-order chi connectivity index (χ0) is 14.4. The Bertz CT molecular complexity index is 620. The Morgan fingerprint density at radius 1 is 1.15 bits per heavy atom. The van der Waals surface area contributed by atoms with Gasteiger partial charge in [0.25, 0.3) is 0 Å². The number of benzene rings is 1. The van der Waals surface area contributed by atoms with E-state index in [1.165, 1.54) is 0 Å². The molecule has 0 amide bonds. The van der Waals surface area contributed by atoms with E-state index in [2.05, 4.69) is 31.7 Å². The second-order valence-electron chi connectivity index (χ2n) is 3.94. The summed E-state index contributed by atoms with van der Waals surface area (Å²) in [5.41, 5.74) is 1.77. The molecule has 2 N–H and O–H groups in total. The van der Waals surface area contributed by atoms with Gasteiger partial charge in [-0.2, -0.15) is 20.2 Å². The fourth-order valence-electron chi connectivity index (χ4n) is 1.57. The number of anilines is 3. The van der Waals surface area contributed by atoms with E-state index in [-0.39, 0.29) is 5.28 Å². The fourth-order valence-corrected chi connectivity index (χ4v) is 1.73. The molecule has 0 aliphatic carbocycles. The van der Waals surface area contributed by atoms with E-state index >= 15 is 0 Å². The molecule has 0 aliphatic rings. The summed E-state index contributed by atoms with van der Waals surface area (Å²) < 4.78 is 0. The van der Waals surface area contributed by atoms with Gasteiger partial charge in [-0.25, -0.2) is 0 Å². The van der Waals surface area contributed by atoms with Crippen LogP contribution in [-0.4, -0.2) is 21.5 Å². The van der Waals surface area contributed by atoms with Crippen molar-refractivity contribution >= 4 is 29.2 Å². The Balaban J connectivity index is 2.14. The van der Waals surface area contributed by atoms with Crippen LogP contribution in [0.2, 0.25) is 5.28 Å². The van der Waals surface area contributed by atoms with E-state index in [9.17, 15) is 0 Å². The van der Waals surface area contributed by atoms with E-state index in [0.717, 1.165) is 11.3 Å². The van der Waals surface area contributed by atoms with Crippen LogP contribution in [-0.2, 0) is 6.42 Å². The zero-order valence-corrected chi connectivity index (χ0v) is 11.6. The lowest BCUT2D eigenvalue weighted by Crippen LogP contribution is -2.06. The zero-order valence-electron chi connectivity index (χ0n) is 10.9. The van der Waals surface area contributed by atoms with E-state index in [1.54, 1.807) is 0 Å². The minimum atomic E-state index is 0.125. The van der Waals surface area contributed by atoms with Crippen molar-refractivity contribution in [3.8, 4) is 6.07 Å². The summed E-state index contributed by atoms with van der Waals surface area (Å²) in [6.07, 6.45) is 0.391. The SMILES string of the molecule is CCNc1nc(Cl)nc(Nc2ccc(CC#N)cc2)n1. The summed E-state index contributed by atoms with van der Waals surface area (Å²) in [6.45, 7) is 2.64. The maximum atomic E-state index is 8.62. The molecule has 0 fully saturated rings. The molecule has 7 heteroatoms. The van der Waals surface area contributed by atoms with Crippen LogP contribution in [0.5, 0.6) is 0 Å². The van der Waals surface area contributed by atoms with Crippen LogP contribution in [0.4, 0.5) is 17.6 Å². The van der Waals surface area contributed by atoms with Crippen LogP contribution in [0.3, 0.4) is 0 Å². The largest absolute Gasteiger partial charge is 0.354 e. The molecule has 20 heavy (non-hydrogen) atoms. The number of nitrogens with one attached hydrogen (secondary N) is 2. The van der Waals surface area contributed by atoms with Crippen molar-refractivity contribution in [2.75, 3.05) is 17.2 Å². The van der Waals surface area contributed by atoms with Crippen molar-refractivity contribution in [1.82, 2.24) is 15.0 Å². The highest BCUT2D eigenvalue weighted by molar-refractivity contribution is 6.28. The van der Waals surface area contributed by atoms with Crippen molar-refractivity contribution in [2.24, 2.45) is 0 Å². The van der Waals surface area contributed by atoms with Gasteiger partial charge < -0.3 is 10.6 Å². The Morgan fingerprint density at radius 3 is 2.50 bits per heavy atom. The predicted octanol–water partition coefficient (Wildman–Crippen LogP) is 2.77. The maximum Gasteiger partial charge on any atom is 0.233 e. The van der Waals surface area contributed by atoms with E-state index in [1.807, 2.05) is 31.2 Å². The number of nitrogens with zero attached hydrogens (tertiary/aromatic N) is 4. The molecule has 0 unspecified atom stereocenters. The minimum Gasteiger partial charge on any atom is -0.354 e. The minimum absolute atomic E-state index is 0.125. The second kappa shape index (κ2) is 6.68. The quantitative estimate of drug-likeness (QED) is 0.880. The van der Waals surface area contributed by atoms with Gasteiger partial charge in [-0.05, 0) is 36.2 Å². The number of hydrogen-bond donors (Lipinski definition) is 2. The molecule has 1 aromatic heterocycles. The standard InChI is InChI=1S/C13H13ClN6/c1-2-16-12-18-11(14)19-13(20-12)17-10-5-3-9(4-6-10)7-8-15/h3-6H,2,7H2,1H3,(H2,16,17,18,19,20). The molecule has 0 atom stereocenters. The van der Waals surface area contributed by atoms with Crippen molar-refractivity contribution in [3.63, 3.8) is 0 Å². The molecule has 0 saturated carbocycles. The average molecular weight is 289 g/mol. The molecule has 0 radical (unpaired) electrons. The first kappa shape index (κ1) is 14.0. The number of hydrogen-bond acceptors (Lipinski definition) is 6. The normalized spacial score (nSPS) is 9.85. The van der Waals surface area contributed by atoms with Crippen molar-refractivity contribution in [3.05, 3.63) is 35.1 Å². The number of nitriles is 1. The summed E-state index contributed by atoms with van der Waals surface area (Å²) in [6, 6.07) is 9.57. The van der Waals surface area contributed by atoms with Gasteiger partial charge in [-0.15, -0.1) is 0 Å². The van der Waals surface area contributed by atoms with Crippen molar-refractivity contribution < 1.29 is 0 Å². The topological polar surface area (TPSA) is 86.5 Å². The lowest BCUT2D eigenvalue weighted by atomic mass is 10.1. The third-order valence-corrected chi connectivity index (χ3v) is 2.61.